The average Bonchev–Trinajstić information content (AvgIpc) is 2.53. The van der Waals surface area contributed by atoms with E-state index in [0.717, 1.165) is 6.42 Å². The third-order valence-electron chi connectivity index (χ3n) is 1.79. The quantitative estimate of drug-likeness (QED) is 0.736. The van der Waals surface area contributed by atoms with E-state index in [1.807, 2.05) is 24.4 Å². The van der Waals surface area contributed by atoms with E-state index in [1.54, 1.807) is 11.3 Å². The highest BCUT2D eigenvalue weighted by molar-refractivity contribution is 7.15. The van der Waals surface area contributed by atoms with E-state index in [2.05, 4.69) is 17.1 Å². The summed E-state index contributed by atoms with van der Waals surface area (Å²) in [5.74, 6) is 0. The first-order valence-corrected chi connectivity index (χ1v) is 4.90. The van der Waals surface area contributed by atoms with E-state index >= 15 is 0 Å². The largest absolute Gasteiger partial charge is 1.00 e. The Balaban J connectivity index is 0.000000980. The summed E-state index contributed by atoms with van der Waals surface area (Å²) in [7, 11) is 0. The fraction of sp³-hybridized carbons (Fsp3) is 0.100. The van der Waals surface area contributed by atoms with Crippen LogP contribution in [0.4, 0.5) is 5.13 Å². The van der Waals surface area contributed by atoms with E-state index in [-0.39, 0.29) is 12.4 Å². The molecule has 74 valence electrons. The van der Waals surface area contributed by atoms with Crippen LogP contribution in [0.1, 0.15) is 10.4 Å². The van der Waals surface area contributed by atoms with Crippen molar-refractivity contribution in [1.82, 2.24) is 4.98 Å². The monoisotopic (exact) mass is 225 g/mol. The van der Waals surface area contributed by atoms with Gasteiger partial charge < -0.3 is 18.1 Å². The molecular formula is C10H10ClN2S-. The molecule has 14 heavy (non-hydrogen) atoms. The summed E-state index contributed by atoms with van der Waals surface area (Å²) in [5.41, 5.74) is 6.84. The predicted octanol–water partition coefficient (Wildman–Crippen LogP) is -0.680. The maximum absolute atomic E-state index is 5.54. The van der Waals surface area contributed by atoms with Crippen molar-refractivity contribution in [2.45, 2.75) is 6.42 Å². The van der Waals surface area contributed by atoms with Crippen LogP contribution in [0.2, 0.25) is 0 Å². The zero-order valence-electron chi connectivity index (χ0n) is 7.48. The number of anilines is 1. The molecule has 0 unspecified atom stereocenters. The zero-order valence-corrected chi connectivity index (χ0v) is 9.05. The first kappa shape index (κ1) is 11.0. The van der Waals surface area contributed by atoms with Crippen LogP contribution in [0.25, 0.3) is 0 Å². The molecule has 0 spiro atoms. The Morgan fingerprint density at radius 3 is 2.50 bits per heavy atom. The molecule has 2 nitrogen and oxygen atoms in total. The maximum atomic E-state index is 5.54. The van der Waals surface area contributed by atoms with Gasteiger partial charge in [-0.25, -0.2) is 4.98 Å². The lowest BCUT2D eigenvalue weighted by molar-refractivity contribution is -0.00000264. The number of hydrogen-bond acceptors (Lipinski definition) is 3. The molecule has 4 heteroatoms. The number of rotatable bonds is 2. The van der Waals surface area contributed by atoms with Gasteiger partial charge in [-0.05, 0) is 5.56 Å². The Kier molecular flexibility index (Phi) is 3.92. The first-order valence-electron chi connectivity index (χ1n) is 4.09. The smallest absolute Gasteiger partial charge is 0.180 e. The van der Waals surface area contributed by atoms with Gasteiger partial charge in [0.25, 0.3) is 0 Å². The Bertz CT molecular complexity index is 386. The second-order valence-electron chi connectivity index (χ2n) is 2.83. The molecule has 0 saturated carbocycles. The lowest BCUT2D eigenvalue weighted by atomic mass is 10.1. The SMILES string of the molecule is Nc1ncc(Cc2ccccc2)s1.[Cl-]. The molecule has 0 aliphatic carbocycles. The summed E-state index contributed by atoms with van der Waals surface area (Å²) in [4.78, 5) is 5.22. The molecule has 2 rings (SSSR count). The lowest BCUT2D eigenvalue weighted by Gasteiger charge is -1.95. The van der Waals surface area contributed by atoms with Gasteiger partial charge in [-0.1, -0.05) is 30.3 Å². The number of benzene rings is 1. The molecule has 1 heterocycles. The Hall–Kier alpha value is -1.06. The van der Waals surface area contributed by atoms with Gasteiger partial charge in [0.1, 0.15) is 0 Å². The molecule has 1 aromatic carbocycles. The molecule has 0 aliphatic rings. The van der Waals surface area contributed by atoms with Gasteiger partial charge in [0.05, 0.1) is 0 Å². The maximum Gasteiger partial charge on any atom is 0.180 e. The zero-order chi connectivity index (χ0) is 9.10. The van der Waals surface area contributed by atoms with Gasteiger partial charge in [0, 0.05) is 17.5 Å². The van der Waals surface area contributed by atoms with Gasteiger partial charge >= 0.3 is 0 Å². The normalized spacial score (nSPS) is 9.43. The minimum absolute atomic E-state index is 0. The minimum Gasteiger partial charge on any atom is -1.00 e. The fourth-order valence-electron chi connectivity index (χ4n) is 1.20. The van der Waals surface area contributed by atoms with E-state index in [1.165, 1.54) is 10.4 Å². The van der Waals surface area contributed by atoms with E-state index < -0.39 is 0 Å². The summed E-state index contributed by atoms with van der Waals surface area (Å²) < 4.78 is 0. The predicted molar refractivity (Wildman–Crippen MR) is 55.8 cm³/mol. The number of thiazole rings is 1. The lowest BCUT2D eigenvalue weighted by Crippen LogP contribution is -3.00. The molecule has 2 aromatic rings. The Morgan fingerprint density at radius 2 is 1.93 bits per heavy atom. The van der Waals surface area contributed by atoms with Crippen molar-refractivity contribution >= 4 is 16.5 Å². The highest BCUT2D eigenvalue weighted by Crippen LogP contribution is 2.17. The minimum atomic E-state index is 0. The molecule has 2 N–H and O–H groups in total. The third-order valence-corrected chi connectivity index (χ3v) is 2.62. The van der Waals surface area contributed by atoms with Crippen molar-refractivity contribution in [1.29, 1.82) is 0 Å². The van der Waals surface area contributed by atoms with Crippen molar-refractivity contribution in [3.8, 4) is 0 Å². The van der Waals surface area contributed by atoms with Crippen LogP contribution in [-0.2, 0) is 6.42 Å². The summed E-state index contributed by atoms with van der Waals surface area (Å²) >= 11 is 1.55. The van der Waals surface area contributed by atoms with E-state index in [4.69, 9.17) is 5.73 Å². The van der Waals surface area contributed by atoms with Crippen LogP contribution in [0.5, 0.6) is 0 Å². The second kappa shape index (κ2) is 4.98. The van der Waals surface area contributed by atoms with Gasteiger partial charge in [-0.3, -0.25) is 0 Å². The molecule has 0 saturated heterocycles. The first-order chi connectivity index (χ1) is 6.34. The summed E-state index contributed by atoms with van der Waals surface area (Å²) in [5, 5.41) is 0.644. The summed E-state index contributed by atoms with van der Waals surface area (Å²) in [6, 6.07) is 10.3. The van der Waals surface area contributed by atoms with Gasteiger partial charge in [0.15, 0.2) is 5.13 Å². The number of nitrogens with zero attached hydrogens (tertiary/aromatic N) is 1. The van der Waals surface area contributed by atoms with Crippen LogP contribution < -0.4 is 18.1 Å². The van der Waals surface area contributed by atoms with Gasteiger partial charge in [-0.2, -0.15) is 0 Å². The average molecular weight is 226 g/mol. The van der Waals surface area contributed by atoms with Crippen molar-refractivity contribution in [3.05, 3.63) is 47.0 Å². The number of aromatic nitrogens is 1. The van der Waals surface area contributed by atoms with Crippen molar-refractivity contribution < 1.29 is 12.4 Å². The van der Waals surface area contributed by atoms with E-state index in [9.17, 15) is 0 Å². The molecule has 0 atom stereocenters. The van der Waals surface area contributed by atoms with Crippen LogP contribution in [0.15, 0.2) is 36.5 Å². The molecule has 0 amide bonds. The fourth-order valence-corrected chi connectivity index (χ4v) is 1.92. The van der Waals surface area contributed by atoms with Crippen LogP contribution in [-0.4, -0.2) is 4.98 Å². The molecule has 1 aromatic heterocycles. The standard InChI is InChI=1S/C10H10N2S.ClH/c11-10-12-7-9(13-10)6-8-4-2-1-3-5-8;/h1-5,7H,6H2,(H2,11,12);1H/p-1. The van der Waals surface area contributed by atoms with Crippen LogP contribution in [0, 0.1) is 0 Å². The Morgan fingerprint density at radius 1 is 1.21 bits per heavy atom. The summed E-state index contributed by atoms with van der Waals surface area (Å²) in [6.45, 7) is 0. The van der Waals surface area contributed by atoms with Crippen molar-refractivity contribution in [3.63, 3.8) is 0 Å². The number of nitrogen functional groups attached to an aromatic ring is 1. The molecule has 0 aliphatic heterocycles. The highest BCUT2D eigenvalue weighted by atomic mass is 35.5. The topological polar surface area (TPSA) is 38.9 Å². The number of halogens is 1. The molecule has 0 bridgehead atoms. The van der Waals surface area contributed by atoms with Crippen molar-refractivity contribution in [2.24, 2.45) is 0 Å². The highest BCUT2D eigenvalue weighted by Gasteiger charge is 1.99. The summed E-state index contributed by atoms with van der Waals surface area (Å²) in [6.07, 6.45) is 2.77. The van der Waals surface area contributed by atoms with Gasteiger partial charge in [-0.15, -0.1) is 11.3 Å². The second-order valence-corrected chi connectivity index (χ2v) is 3.97. The Labute approximate surface area is 93.2 Å². The third kappa shape index (κ3) is 2.72. The van der Waals surface area contributed by atoms with E-state index in [0.29, 0.717) is 5.13 Å². The van der Waals surface area contributed by atoms with Crippen molar-refractivity contribution in [2.75, 3.05) is 5.73 Å². The number of hydrogen-bond donors (Lipinski definition) is 1. The van der Waals surface area contributed by atoms with Crippen LogP contribution in [0.3, 0.4) is 0 Å². The molecule has 0 radical (unpaired) electrons. The molecule has 0 fully saturated rings. The van der Waals surface area contributed by atoms with Crippen LogP contribution >= 0.6 is 11.3 Å². The van der Waals surface area contributed by atoms with Gasteiger partial charge in [0.2, 0.25) is 0 Å². The number of nitrogens with two attached hydrogens (primary N) is 1. The molecular weight excluding hydrogens is 216 g/mol.